The van der Waals surface area contributed by atoms with E-state index >= 15 is 0 Å². The Hall–Kier alpha value is -1.67. The van der Waals surface area contributed by atoms with Crippen molar-refractivity contribution in [2.75, 3.05) is 12.4 Å². The quantitative estimate of drug-likeness (QED) is 0.582. The van der Waals surface area contributed by atoms with Crippen LogP contribution in [0.25, 0.3) is 0 Å². The molecule has 1 unspecified atom stereocenters. The summed E-state index contributed by atoms with van der Waals surface area (Å²) in [6.45, 7) is 3.92. The van der Waals surface area contributed by atoms with Crippen molar-refractivity contribution in [1.82, 2.24) is 0 Å². The molecule has 0 aliphatic carbocycles. The molecule has 0 bridgehead atoms. The number of benzene rings is 1. The summed E-state index contributed by atoms with van der Waals surface area (Å²) in [4.78, 5) is 10.4. The number of primary sulfonamides is 1. The van der Waals surface area contributed by atoms with Crippen molar-refractivity contribution >= 4 is 15.7 Å². The Balaban J connectivity index is 2.49. The minimum absolute atomic E-state index is 0.0229. The van der Waals surface area contributed by atoms with Gasteiger partial charge >= 0.3 is 0 Å². The van der Waals surface area contributed by atoms with Crippen LogP contribution in [0.1, 0.15) is 25.3 Å². The van der Waals surface area contributed by atoms with Crippen LogP contribution >= 0.6 is 0 Å². The number of rotatable bonds is 8. The summed E-state index contributed by atoms with van der Waals surface area (Å²) in [6.07, 6.45) is 1.12. The van der Waals surface area contributed by atoms with Crippen molar-refractivity contribution in [1.29, 1.82) is 0 Å². The molecule has 1 aromatic rings. The summed E-state index contributed by atoms with van der Waals surface area (Å²) in [7, 11) is -3.43. The normalized spacial score (nSPS) is 12.9. The Morgan fingerprint density at radius 2 is 2.05 bits per heavy atom. The first-order valence-corrected chi connectivity index (χ1v) is 8.29. The standard InChI is InChI=1S/C13H20N2O5S/c1-10(7-9-21(14,18)19)6-8-20-13-5-3-4-12(11(13)2)15(16)17/h3-5,10H,6-9H2,1-2H3,(H2,14,18,19). The van der Waals surface area contributed by atoms with Crippen molar-refractivity contribution in [3.8, 4) is 5.75 Å². The fourth-order valence-electron chi connectivity index (χ4n) is 1.84. The Morgan fingerprint density at radius 3 is 2.62 bits per heavy atom. The monoisotopic (exact) mass is 316 g/mol. The molecule has 0 heterocycles. The SMILES string of the molecule is Cc1c(OCCC(C)CCS(N)(=O)=O)cccc1[N+](=O)[O-]. The molecule has 0 spiro atoms. The molecule has 0 amide bonds. The van der Waals surface area contributed by atoms with E-state index in [-0.39, 0.29) is 17.4 Å². The lowest BCUT2D eigenvalue weighted by Gasteiger charge is -2.13. The van der Waals surface area contributed by atoms with E-state index in [0.29, 0.717) is 30.8 Å². The van der Waals surface area contributed by atoms with Crippen LogP contribution in [0.15, 0.2) is 18.2 Å². The van der Waals surface area contributed by atoms with Crippen LogP contribution in [0, 0.1) is 23.0 Å². The molecule has 0 aliphatic heterocycles. The van der Waals surface area contributed by atoms with Crippen molar-refractivity contribution < 1.29 is 18.1 Å². The molecule has 7 nitrogen and oxygen atoms in total. The average Bonchev–Trinajstić information content (AvgIpc) is 2.37. The highest BCUT2D eigenvalue weighted by atomic mass is 32.2. The van der Waals surface area contributed by atoms with Gasteiger partial charge in [-0.15, -0.1) is 0 Å². The molecule has 21 heavy (non-hydrogen) atoms. The zero-order valence-corrected chi connectivity index (χ0v) is 12.9. The van der Waals surface area contributed by atoms with Crippen molar-refractivity contribution in [3.63, 3.8) is 0 Å². The molecule has 0 saturated heterocycles. The Bertz CT molecular complexity index is 601. The van der Waals surface area contributed by atoms with Crippen LogP contribution in [-0.2, 0) is 10.0 Å². The van der Waals surface area contributed by atoms with Gasteiger partial charge < -0.3 is 4.74 Å². The van der Waals surface area contributed by atoms with Gasteiger partial charge in [0.2, 0.25) is 10.0 Å². The lowest BCUT2D eigenvalue weighted by atomic mass is 10.1. The van der Waals surface area contributed by atoms with Gasteiger partial charge in [-0.1, -0.05) is 13.0 Å². The molecule has 1 aromatic carbocycles. The van der Waals surface area contributed by atoms with Gasteiger partial charge in [0.15, 0.2) is 0 Å². The molecule has 0 fully saturated rings. The van der Waals surface area contributed by atoms with Gasteiger partial charge in [-0.2, -0.15) is 0 Å². The maximum Gasteiger partial charge on any atom is 0.276 e. The van der Waals surface area contributed by atoms with Gasteiger partial charge in [-0.3, -0.25) is 10.1 Å². The Kier molecular flexibility index (Phi) is 6.10. The third-order valence-corrected chi connectivity index (χ3v) is 4.02. The lowest BCUT2D eigenvalue weighted by molar-refractivity contribution is -0.385. The molecule has 0 radical (unpaired) electrons. The highest BCUT2D eigenvalue weighted by molar-refractivity contribution is 7.89. The van der Waals surface area contributed by atoms with Gasteiger partial charge in [-0.05, 0) is 31.7 Å². The van der Waals surface area contributed by atoms with E-state index in [0.717, 1.165) is 0 Å². The third-order valence-electron chi connectivity index (χ3n) is 3.22. The minimum atomic E-state index is -3.43. The molecule has 118 valence electrons. The second kappa shape index (κ2) is 7.37. The molecule has 1 rings (SSSR count). The summed E-state index contributed by atoms with van der Waals surface area (Å²) in [6, 6.07) is 4.68. The molecule has 1 atom stereocenters. The fraction of sp³-hybridized carbons (Fsp3) is 0.538. The molecular formula is C13H20N2O5S. The van der Waals surface area contributed by atoms with E-state index in [2.05, 4.69) is 0 Å². The second-order valence-corrected chi connectivity index (χ2v) is 6.79. The van der Waals surface area contributed by atoms with Gasteiger partial charge in [0.25, 0.3) is 5.69 Å². The topological polar surface area (TPSA) is 113 Å². The summed E-state index contributed by atoms with van der Waals surface area (Å²) in [5.74, 6) is 0.564. The summed E-state index contributed by atoms with van der Waals surface area (Å²) >= 11 is 0. The van der Waals surface area contributed by atoms with E-state index in [1.165, 1.54) is 6.07 Å². The minimum Gasteiger partial charge on any atom is -0.493 e. The first-order valence-electron chi connectivity index (χ1n) is 6.58. The molecule has 8 heteroatoms. The molecule has 0 aromatic heterocycles. The van der Waals surface area contributed by atoms with Crippen LogP contribution in [0.2, 0.25) is 0 Å². The van der Waals surface area contributed by atoms with Crippen LogP contribution in [0.4, 0.5) is 5.69 Å². The maximum atomic E-state index is 10.9. The predicted octanol–water partition coefficient (Wildman–Crippen LogP) is 1.99. The molecule has 0 saturated carbocycles. The fourth-order valence-corrected chi connectivity index (χ4v) is 2.57. The maximum absolute atomic E-state index is 10.9. The first-order chi connectivity index (χ1) is 9.70. The predicted molar refractivity (Wildman–Crippen MR) is 79.7 cm³/mol. The van der Waals surface area contributed by atoms with E-state index in [4.69, 9.17) is 9.88 Å². The smallest absolute Gasteiger partial charge is 0.276 e. The zero-order chi connectivity index (χ0) is 16.0. The van der Waals surface area contributed by atoms with Gasteiger partial charge in [0, 0.05) is 6.07 Å². The highest BCUT2D eigenvalue weighted by Crippen LogP contribution is 2.27. The van der Waals surface area contributed by atoms with Crippen molar-refractivity contribution in [2.45, 2.75) is 26.7 Å². The van der Waals surface area contributed by atoms with Gasteiger partial charge in [0.1, 0.15) is 5.75 Å². The molecule has 2 N–H and O–H groups in total. The highest BCUT2D eigenvalue weighted by Gasteiger charge is 2.14. The second-order valence-electron chi connectivity index (χ2n) is 5.06. The number of nitro groups is 1. The summed E-state index contributed by atoms with van der Waals surface area (Å²) in [5, 5.41) is 15.8. The van der Waals surface area contributed by atoms with E-state index < -0.39 is 14.9 Å². The number of nitrogens with two attached hydrogens (primary N) is 1. The van der Waals surface area contributed by atoms with Gasteiger partial charge in [0.05, 0.1) is 22.8 Å². The van der Waals surface area contributed by atoms with Crippen molar-refractivity contribution in [2.24, 2.45) is 11.1 Å². The van der Waals surface area contributed by atoms with E-state index in [9.17, 15) is 18.5 Å². The Morgan fingerprint density at radius 1 is 1.38 bits per heavy atom. The zero-order valence-electron chi connectivity index (χ0n) is 12.1. The van der Waals surface area contributed by atoms with E-state index in [1.54, 1.807) is 19.1 Å². The average molecular weight is 316 g/mol. The number of nitro benzene ring substituents is 1. The van der Waals surface area contributed by atoms with Crippen molar-refractivity contribution in [3.05, 3.63) is 33.9 Å². The summed E-state index contributed by atoms with van der Waals surface area (Å²) in [5.41, 5.74) is 0.509. The lowest BCUT2D eigenvalue weighted by Crippen LogP contribution is -2.18. The Labute approximate surface area is 124 Å². The number of ether oxygens (including phenoxy) is 1. The number of nitrogens with zero attached hydrogens (tertiary/aromatic N) is 1. The number of sulfonamides is 1. The first kappa shape index (κ1) is 17.4. The molecular weight excluding hydrogens is 296 g/mol. The van der Waals surface area contributed by atoms with Crippen LogP contribution in [-0.4, -0.2) is 25.7 Å². The van der Waals surface area contributed by atoms with E-state index in [1.807, 2.05) is 6.92 Å². The van der Waals surface area contributed by atoms with Crippen LogP contribution < -0.4 is 9.88 Å². The van der Waals surface area contributed by atoms with Crippen LogP contribution in [0.3, 0.4) is 0 Å². The number of hydrogen-bond donors (Lipinski definition) is 1. The largest absolute Gasteiger partial charge is 0.493 e. The third kappa shape index (κ3) is 6.09. The van der Waals surface area contributed by atoms with Crippen LogP contribution in [0.5, 0.6) is 5.75 Å². The summed E-state index contributed by atoms with van der Waals surface area (Å²) < 4.78 is 27.3. The number of hydrogen-bond acceptors (Lipinski definition) is 5. The van der Waals surface area contributed by atoms with Gasteiger partial charge in [-0.25, -0.2) is 13.6 Å². The molecule has 0 aliphatic rings.